The molecule has 184 valence electrons. The van der Waals surface area contributed by atoms with Crippen LogP contribution in [0.4, 0.5) is 11.4 Å². The van der Waals surface area contributed by atoms with Gasteiger partial charge in [-0.3, -0.25) is 13.9 Å². The standard InChI is InChI=1S/C27H21N5O4S/c1-17-22(15-28)26-30-24-5-3-4-6-25(24)32(26)27(33)23(17)16-29-18-9-13-21(14-10-18)37(34,35)31-19-7-11-20(36-2)12-8-19/h3-14,16,29,31H,1-2H3/b23-16-. The number of imidazole rings is 1. The van der Waals surface area contributed by atoms with Crippen molar-refractivity contribution in [3.8, 4) is 11.8 Å². The van der Waals surface area contributed by atoms with Crippen LogP contribution in [-0.4, -0.2) is 24.9 Å². The fourth-order valence-electron chi connectivity index (χ4n) is 4.05. The monoisotopic (exact) mass is 511 g/mol. The van der Waals surface area contributed by atoms with E-state index in [9.17, 15) is 18.5 Å². The number of methoxy groups -OCH3 is 1. The van der Waals surface area contributed by atoms with Crippen molar-refractivity contribution < 1.29 is 13.2 Å². The van der Waals surface area contributed by atoms with Gasteiger partial charge in [-0.15, -0.1) is 0 Å². The molecule has 0 aliphatic rings. The molecule has 0 saturated heterocycles. The maximum Gasteiger partial charge on any atom is 0.265 e. The maximum absolute atomic E-state index is 13.4. The fourth-order valence-corrected chi connectivity index (χ4v) is 5.10. The number of nitrogens with one attached hydrogen (secondary N) is 2. The highest BCUT2D eigenvalue weighted by atomic mass is 32.2. The van der Waals surface area contributed by atoms with E-state index in [0.29, 0.717) is 50.2 Å². The summed E-state index contributed by atoms with van der Waals surface area (Å²) in [6.07, 6.45) is 1.52. The van der Waals surface area contributed by atoms with Crippen LogP contribution in [0.5, 0.6) is 5.75 Å². The fraction of sp³-hybridized carbons (Fsp3) is 0.0741. The molecule has 0 atom stereocenters. The number of hydrogen-bond acceptors (Lipinski definition) is 7. The summed E-state index contributed by atoms with van der Waals surface area (Å²) >= 11 is 0. The molecule has 10 heteroatoms. The van der Waals surface area contributed by atoms with E-state index in [1.54, 1.807) is 55.5 Å². The first kappa shape index (κ1) is 23.8. The molecule has 0 fully saturated rings. The second-order valence-electron chi connectivity index (χ2n) is 8.24. The van der Waals surface area contributed by atoms with Crippen molar-refractivity contribution in [2.75, 3.05) is 17.1 Å². The van der Waals surface area contributed by atoms with Crippen molar-refractivity contribution in [1.29, 1.82) is 5.26 Å². The van der Waals surface area contributed by atoms with Crippen LogP contribution in [0.15, 0.2) is 82.5 Å². The second kappa shape index (κ2) is 9.29. The summed E-state index contributed by atoms with van der Waals surface area (Å²) in [5, 5.41) is 13.1. The van der Waals surface area contributed by atoms with Gasteiger partial charge in [0.25, 0.3) is 15.6 Å². The summed E-state index contributed by atoms with van der Waals surface area (Å²) in [5.74, 6) is 0.619. The van der Waals surface area contributed by atoms with Crippen LogP contribution >= 0.6 is 0 Å². The number of rotatable bonds is 6. The zero-order valence-electron chi connectivity index (χ0n) is 19.9. The van der Waals surface area contributed by atoms with Crippen LogP contribution in [0.3, 0.4) is 0 Å². The quantitative estimate of drug-likeness (QED) is 0.358. The SMILES string of the molecule is COc1ccc(NS(=O)(=O)c2ccc(N/C=c3/c(C)c(C#N)c4nc5ccccc5n4c3=O)cc2)cc1. The Morgan fingerprint density at radius 2 is 1.68 bits per heavy atom. The van der Waals surface area contributed by atoms with E-state index in [1.165, 1.54) is 29.8 Å². The number of aromatic nitrogens is 2. The normalized spacial score (nSPS) is 12.0. The lowest BCUT2D eigenvalue weighted by atomic mass is 10.1. The Hall–Kier alpha value is -4.88. The van der Waals surface area contributed by atoms with Gasteiger partial charge in [0, 0.05) is 17.6 Å². The van der Waals surface area contributed by atoms with Crippen LogP contribution in [0.25, 0.3) is 22.9 Å². The number of nitrogens with zero attached hydrogens (tertiary/aromatic N) is 3. The molecule has 0 unspecified atom stereocenters. The van der Waals surface area contributed by atoms with Crippen LogP contribution in [-0.2, 0) is 10.0 Å². The Bertz CT molecular complexity index is 1910. The molecule has 2 aromatic heterocycles. The number of ether oxygens (including phenoxy) is 1. The lowest BCUT2D eigenvalue weighted by Crippen LogP contribution is -2.34. The Labute approximate surface area is 212 Å². The number of sulfonamides is 1. The first-order valence-electron chi connectivity index (χ1n) is 11.2. The van der Waals surface area contributed by atoms with E-state index in [0.717, 1.165) is 0 Å². The smallest absolute Gasteiger partial charge is 0.265 e. The molecule has 2 N–H and O–H groups in total. The third kappa shape index (κ3) is 4.32. The minimum atomic E-state index is -3.80. The van der Waals surface area contributed by atoms with E-state index < -0.39 is 10.0 Å². The summed E-state index contributed by atoms with van der Waals surface area (Å²) in [6.45, 7) is 1.70. The molecule has 5 aromatic rings. The third-order valence-corrected chi connectivity index (χ3v) is 7.40. The molecule has 0 bridgehead atoms. The summed E-state index contributed by atoms with van der Waals surface area (Å²) in [4.78, 5) is 17.9. The van der Waals surface area contributed by atoms with Gasteiger partial charge in [-0.25, -0.2) is 13.4 Å². The highest BCUT2D eigenvalue weighted by Crippen LogP contribution is 2.21. The number of pyridine rings is 1. The number of para-hydroxylation sites is 2. The summed E-state index contributed by atoms with van der Waals surface area (Å²) < 4.78 is 34.6. The highest BCUT2D eigenvalue weighted by molar-refractivity contribution is 7.92. The first-order chi connectivity index (χ1) is 17.8. The lowest BCUT2D eigenvalue weighted by Gasteiger charge is -2.09. The van der Waals surface area contributed by atoms with Crippen molar-refractivity contribution in [2.24, 2.45) is 0 Å². The largest absolute Gasteiger partial charge is 0.497 e. The molecule has 9 nitrogen and oxygen atoms in total. The number of benzene rings is 3. The van der Waals surface area contributed by atoms with Gasteiger partial charge >= 0.3 is 0 Å². The van der Waals surface area contributed by atoms with Gasteiger partial charge in [-0.2, -0.15) is 5.26 Å². The molecule has 2 heterocycles. The molecule has 0 aliphatic heterocycles. The zero-order chi connectivity index (χ0) is 26.2. The Kier molecular flexibility index (Phi) is 5.99. The second-order valence-corrected chi connectivity index (χ2v) is 9.92. The van der Waals surface area contributed by atoms with Gasteiger partial charge in [0.2, 0.25) is 0 Å². The lowest BCUT2D eigenvalue weighted by molar-refractivity contribution is 0.415. The Morgan fingerprint density at radius 3 is 2.35 bits per heavy atom. The van der Waals surface area contributed by atoms with Crippen molar-refractivity contribution in [3.63, 3.8) is 0 Å². The third-order valence-electron chi connectivity index (χ3n) is 6.00. The molecule has 0 amide bonds. The van der Waals surface area contributed by atoms with Crippen LogP contribution in [0.2, 0.25) is 0 Å². The first-order valence-corrected chi connectivity index (χ1v) is 12.7. The van der Waals surface area contributed by atoms with E-state index in [-0.39, 0.29) is 10.5 Å². The van der Waals surface area contributed by atoms with Crippen molar-refractivity contribution in [2.45, 2.75) is 11.8 Å². The van der Waals surface area contributed by atoms with Crippen LogP contribution in [0.1, 0.15) is 11.1 Å². The number of nitriles is 1. The molecule has 0 aliphatic carbocycles. The molecule has 37 heavy (non-hydrogen) atoms. The average Bonchev–Trinajstić information content (AvgIpc) is 3.29. The van der Waals surface area contributed by atoms with Crippen LogP contribution in [0, 0.1) is 18.3 Å². The van der Waals surface area contributed by atoms with Gasteiger partial charge in [0.05, 0.1) is 33.8 Å². The van der Waals surface area contributed by atoms with Gasteiger partial charge in [-0.05, 0) is 73.2 Å². The van der Waals surface area contributed by atoms with Crippen LogP contribution < -0.4 is 25.6 Å². The highest BCUT2D eigenvalue weighted by Gasteiger charge is 2.16. The molecular weight excluding hydrogens is 490 g/mol. The molecular formula is C27H21N5O4S. The van der Waals surface area contributed by atoms with Crippen molar-refractivity contribution in [1.82, 2.24) is 9.38 Å². The number of hydrogen-bond donors (Lipinski definition) is 2. The summed E-state index contributed by atoms with van der Waals surface area (Å²) in [5.41, 5.74) is 3.05. The molecule has 0 radical (unpaired) electrons. The molecule has 0 spiro atoms. The predicted molar refractivity (Wildman–Crippen MR) is 142 cm³/mol. The number of fused-ring (bicyclic) bond motifs is 3. The Morgan fingerprint density at radius 1 is 1.00 bits per heavy atom. The average molecular weight is 512 g/mol. The topological polar surface area (TPSA) is 126 Å². The molecule has 5 rings (SSSR count). The van der Waals surface area contributed by atoms with Gasteiger partial charge in [0.15, 0.2) is 5.65 Å². The molecule has 3 aromatic carbocycles. The minimum absolute atomic E-state index is 0.0765. The zero-order valence-corrected chi connectivity index (χ0v) is 20.7. The maximum atomic E-state index is 13.4. The van der Waals surface area contributed by atoms with E-state index in [2.05, 4.69) is 21.1 Å². The van der Waals surface area contributed by atoms with Gasteiger partial charge in [0.1, 0.15) is 11.8 Å². The van der Waals surface area contributed by atoms with Crippen molar-refractivity contribution in [3.05, 3.63) is 99.5 Å². The summed E-state index contributed by atoms with van der Waals surface area (Å²) in [7, 11) is -2.27. The summed E-state index contributed by atoms with van der Waals surface area (Å²) in [6, 6.07) is 22.0. The van der Waals surface area contributed by atoms with Crippen molar-refractivity contribution >= 4 is 44.3 Å². The number of anilines is 2. The van der Waals surface area contributed by atoms with Gasteiger partial charge in [-0.1, -0.05) is 12.1 Å². The van der Waals surface area contributed by atoms with E-state index >= 15 is 0 Å². The van der Waals surface area contributed by atoms with Gasteiger partial charge < -0.3 is 10.1 Å². The minimum Gasteiger partial charge on any atom is -0.497 e. The molecule has 0 saturated carbocycles. The predicted octanol–water partition coefficient (Wildman–Crippen LogP) is 3.41. The van der Waals surface area contributed by atoms with E-state index in [4.69, 9.17) is 4.74 Å². The van der Waals surface area contributed by atoms with E-state index in [1.807, 2.05) is 12.1 Å². The Balaban J connectivity index is 1.46.